The summed E-state index contributed by atoms with van der Waals surface area (Å²) in [4.78, 5) is 37.6. The van der Waals surface area contributed by atoms with E-state index in [1.807, 2.05) is 13.8 Å². The molecule has 0 radical (unpaired) electrons. The second-order valence-electron chi connectivity index (χ2n) is 7.02. The highest BCUT2D eigenvalue weighted by molar-refractivity contribution is 6.04. The predicted molar refractivity (Wildman–Crippen MR) is 104 cm³/mol. The highest BCUT2D eigenvalue weighted by Crippen LogP contribution is 2.19. The number of nitrogens with one attached hydrogen (secondary N) is 2. The Morgan fingerprint density at radius 2 is 1.81 bits per heavy atom. The summed E-state index contributed by atoms with van der Waals surface area (Å²) in [7, 11) is 1.60. The molecule has 0 aliphatic carbocycles. The minimum absolute atomic E-state index is 0.109. The number of amides is 3. The summed E-state index contributed by atoms with van der Waals surface area (Å²) in [6, 6.07) is 6.47. The number of hydrogen-bond donors (Lipinski definition) is 2. The van der Waals surface area contributed by atoms with Crippen LogP contribution in [0.3, 0.4) is 0 Å². The van der Waals surface area contributed by atoms with E-state index in [1.54, 1.807) is 38.2 Å². The van der Waals surface area contributed by atoms with Crippen LogP contribution in [0, 0.1) is 5.92 Å². The number of rotatable bonds is 9. The molecule has 0 saturated carbocycles. The van der Waals surface area contributed by atoms with Crippen molar-refractivity contribution in [3.8, 4) is 0 Å². The molecule has 1 aromatic rings. The van der Waals surface area contributed by atoms with Gasteiger partial charge >= 0.3 is 0 Å². The lowest BCUT2D eigenvalue weighted by molar-refractivity contribution is -0.126. The lowest BCUT2D eigenvalue weighted by Gasteiger charge is -2.24. The molecule has 3 amide bonds. The topological polar surface area (TPSA) is 78.5 Å². The van der Waals surface area contributed by atoms with Crippen LogP contribution >= 0.6 is 0 Å². The zero-order valence-electron chi connectivity index (χ0n) is 16.7. The number of carbonyl (C=O) groups excluding carboxylic acids is 3. The van der Waals surface area contributed by atoms with E-state index >= 15 is 0 Å². The molecule has 0 aromatic heterocycles. The fourth-order valence-electron chi connectivity index (χ4n) is 2.67. The van der Waals surface area contributed by atoms with Crippen LogP contribution in [0.5, 0.6) is 0 Å². The van der Waals surface area contributed by atoms with E-state index in [9.17, 15) is 18.8 Å². The monoisotopic (exact) mass is 379 g/mol. The molecule has 2 unspecified atom stereocenters. The third-order valence-electron chi connectivity index (χ3n) is 4.24. The standard InChI is InChI=1S/C20H30FN3O3/c1-6-17(21)20(27)22-12-15(11-13(2)3)23-19(26)16-9-7-8-10-18(16)24(5)14(4)25/h7-10,13,15,17H,6,11-12H2,1-5H3,(H,22,27)(H,23,26). The van der Waals surface area contributed by atoms with Gasteiger partial charge in [0.05, 0.1) is 11.3 Å². The van der Waals surface area contributed by atoms with Crippen LogP contribution in [-0.4, -0.2) is 43.5 Å². The first kappa shape index (κ1) is 22.6. The Hall–Kier alpha value is -2.44. The first-order valence-electron chi connectivity index (χ1n) is 9.23. The van der Waals surface area contributed by atoms with Gasteiger partial charge in [-0.05, 0) is 30.9 Å². The molecular weight excluding hydrogens is 349 g/mol. The molecule has 0 heterocycles. The fourth-order valence-corrected chi connectivity index (χ4v) is 2.67. The minimum atomic E-state index is -1.55. The summed E-state index contributed by atoms with van der Waals surface area (Å²) in [5.74, 6) is -0.924. The summed E-state index contributed by atoms with van der Waals surface area (Å²) in [5.41, 5.74) is 0.872. The second kappa shape index (κ2) is 10.6. The Morgan fingerprint density at radius 3 is 2.37 bits per heavy atom. The average Bonchev–Trinajstić information content (AvgIpc) is 2.63. The number of nitrogens with zero attached hydrogens (tertiary/aromatic N) is 1. The molecule has 0 aliphatic heterocycles. The van der Waals surface area contributed by atoms with E-state index in [0.717, 1.165) is 0 Å². The minimum Gasteiger partial charge on any atom is -0.352 e. The third-order valence-corrected chi connectivity index (χ3v) is 4.24. The van der Waals surface area contributed by atoms with Gasteiger partial charge in [-0.1, -0.05) is 32.9 Å². The maximum Gasteiger partial charge on any atom is 0.254 e. The maximum atomic E-state index is 13.4. The van der Waals surface area contributed by atoms with Crippen molar-refractivity contribution < 1.29 is 18.8 Å². The Bertz CT molecular complexity index is 664. The van der Waals surface area contributed by atoms with E-state index in [2.05, 4.69) is 10.6 Å². The van der Waals surface area contributed by atoms with Gasteiger partial charge < -0.3 is 15.5 Å². The summed E-state index contributed by atoms with van der Waals surface area (Å²) in [6.07, 6.45) is -0.817. The summed E-state index contributed by atoms with van der Waals surface area (Å²) < 4.78 is 13.4. The molecular formula is C20H30FN3O3. The van der Waals surface area contributed by atoms with Gasteiger partial charge in [0.2, 0.25) is 5.91 Å². The quantitative estimate of drug-likeness (QED) is 0.692. The highest BCUT2D eigenvalue weighted by atomic mass is 19.1. The van der Waals surface area contributed by atoms with Crippen LogP contribution in [0.2, 0.25) is 0 Å². The third kappa shape index (κ3) is 7.00. The molecule has 150 valence electrons. The number of benzene rings is 1. The number of hydrogen-bond acceptors (Lipinski definition) is 3. The van der Waals surface area contributed by atoms with E-state index in [-0.39, 0.29) is 36.7 Å². The largest absolute Gasteiger partial charge is 0.352 e. The van der Waals surface area contributed by atoms with Crippen LogP contribution in [0.25, 0.3) is 0 Å². The molecule has 1 aromatic carbocycles. The zero-order chi connectivity index (χ0) is 20.6. The molecule has 6 nitrogen and oxygen atoms in total. The number of anilines is 1. The van der Waals surface area contributed by atoms with Gasteiger partial charge in [-0.15, -0.1) is 0 Å². The van der Waals surface area contributed by atoms with Crippen molar-refractivity contribution in [1.29, 1.82) is 0 Å². The van der Waals surface area contributed by atoms with Crippen molar-refractivity contribution in [3.63, 3.8) is 0 Å². The van der Waals surface area contributed by atoms with Crippen molar-refractivity contribution >= 4 is 23.4 Å². The number of carbonyl (C=O) groups is 3. The number of alkyl halides is 1. The smallest absolute Gasteiger partial charge is 0.254 e. The van der Waals surface area contributed by atoms with E-state index in [4.69, 9.17) is 0 Å². The number of halogens is 1. The molecule has 1 rings (SSSR count). The molecule has 0 bridgehead atoms. The van der Waals surface area contributed by atoms with Gasteiger partial charge in [-0.25, -0.2) is 4.39 Å². The molecule has 0 saturated heterocycles. The fraction of sp³-hybridized carbons (Fsp3) is 0.550. The summed E-state index contributed by atoms with van der Waals surface area (Å²) in [6.45, 7) is 7.17. The van der Waals surface area contributed by atoms with Crippen molar-refractivity contribution in [2.24, 2.45) is 5.92 Å². The molecule has 27 heavy (non-hydrogen) atoms. The van der Waals surface area contributed by atoms with Crippen LogP contribution in [0.15, 0.2) is 24.3 Å². The van der Waals surface area contributed by atoms with Crippen molar-refractivity contribution in [1.82, 2.24) is 10.6 Å². The van der Waals surface area contributed by atoms with E-state index in [0.29, 0.717) is 17.7 Å². The molecule has 0 aliphatic rings. The highest BCUT2D eigenvalue weighted by Gasteiger charge is 2.21. The zero-order valence-corrected chi connectivity index (χ0v) is 16.7. The summed E-state index contributed by atoms with van der Waals surface area (Å²) in [5, 5.41) is 5.46. The summed E-state index contributed by atoms with van der Waals surface area (Å²) >= 11 is 0. The first-order valence-corrected chi connectivity index (χ1v) is 9.23. The maximum absolute atomic E-state index is 13.4. The molecule has 7 heteroatoms. The molecule has 0 spiro atoms. The van der Waals surface area contributed by atoms with Gasteiger partial charge in [-0.2, -0.15) is 0 Å². The number of para-hydroxylation sites is 1. The first-order chi connectivity index (χ1) is 12.7. The second-order valence-corrected chi connectivity index (χ2v) is 7.02. The normalized spacial score (nSPS) is 13.0. The van der Waals surface area contributed by atoms with Gasteiger partial charge in [-0.3, -0.25) is 14.4 Å². The van der Waals surface area contributed by atoms with Crippen molar-refractivity contribution in [2.45, 2.75) is 52.8 Å². The Kier molecular flexibility index (Phi) is 8.91. The Balaban J connectivity index is 2.91. The van der Waals surface area contributed by atoms with Crippen LogP contribution in [0.4, 0.5) is 10.1 Å². The van der Waals surface area contributed by atoms with Gasteiger partial charge in [0, 0.05) is 26.6 Å². The van der Waals surface area contributed by atoms with E-state index < -0.39 is 12.1 Å². The molecule has 2 atom stereocenters. The van der Waals surface area contributed by atoms with Crippen LogP contribution in [-0.2, 0) is 9.59 Å². The van der Waals surface area contributed by atoms with Crippen molar-refractivity contribution in [3.05, 3.63) is 29.8 Å². The average molecular weight is 379 g/mol. The lowest BCUT2D eigenvalue weighted by atomic mass is 10.0. The van der Waals surface area contributed by atoms with Crippen LogP contribution in [0.1, 0.15) is 50.9 Å². The van der Waals surface area contributed by atoms with Gasteiger partial charge in [0.1, 0.15) is 0 Å². The van der Waals surface area contributed by atoms with Crippen LogP contribution < -0.4 is 15.5 Å². The predicted octanol–water partition coefficient (Wildman–Crippen LogP) is 2.68. The molecule has 0 fully saturated rings. The van der Waals surface area contributed by atoms with Crippen molar-refractivity contribution in [2.75, 3.05) is 18.5 Å². The molecule has 2 N–H and O–H groups in total. The Labute approximate surface area is 160 Å². The van der Waals surface area contributed by atoms with Gasteiger partial charge in [0.25, 0.3) is 11.8 Å². The van der Waals surface area contributed by atoms with E-state index in [1.165, 1.54) is 11.8 Å². The lowest BCUT2D eigenvalue weighted by Crippen LogP contribution is -2.46. The Morgan fingerprint density at radius 1 is 1.19 bits per heavy atom. The SMILES string of the molecule is CCC(F)C(=O)NCC(CC(C)C)NC(=O)c1ccccc1N(C)C(C)=O. The van der Waals surface area contributed by atoms with Gasteiger partial charge in [0.15, 0.2) is 6.17 Å².